The van der Waals surface area contributed by atoms with Crippen LogP contribution in [0.5, 0.6) is 0 Å². The Kier molecular flexibility index (Phi) is 4.63. The SMILES string of the molecule is CCCCC1=C(C(C)C)CC=C1C(C)C. The molecule has 0 N–H and O–H groups in total. The lowest BCUT2D eigenvalue weighted by atomic mass is 9.89. The Labute approximate surface area is 95.5 Å². The molecule has 1 rings (SSSR count). The number of allylic oxidation sites excluding steroid dienone is 4. The predicted octanol–water partition coefficient (Wildman–Crippen LogP) is 5.12. The molecule has 0 heteroatoms. The van der Waals surface area contributed by atoms with Gasteiger partial charge in [-0.2, -0.15) is 0 Å². The largest absolute Gasteiger partial charge is 0.0767 e. The molecular formula is C15H26. The van der Waals surface area contributed by atoms with Gasteiger partial charge in [0.25, 0.3) is 0 Å². The Bertz CT molecular complexity index is 264. The fourth-order valence-electron chi connectivity index (χ4n) is 2.48. The molecule has 0 unspecified atom stereocenters. The van der Waals surface area contributed by atoms with Crippen molar-refractivity contribution in [1.29, 1.82) is 0 Å². The van der Waals surface area contributed by atoms with E-state index in [4.69, 9.17) is 0 Å². The average molecular weight is 206 g/mol. The molecule has 0 aliphatic heterocycles. The molecule has 0 saturated carbocycles. The van der Waals surface area contributed by atoms with Crippen LogP contribution in [0.3, 0.4) is 0 Å². The summed E-state index contributed by atoms with van der Waals surface area (Å²) in [6, 6.07) is 0. The van der Waals surface area contributed by atoms with E-state index in [1.54, 1.807) is 16.7 Å². The smallest absolute Gasteiger partial charge is 0.0124 e. The molecule has 0 bridgehead atoms. The van der Waals surface area contributed by atoms with Crippen LogP contribution in [0.4, 0.5) is 0 Å². The van der Waals surface area contributed by atoms with Gasteiger partial charge in [0.2, 0.25) is 0 Å². The highest BCUT2D eigenvalue weighted by atomic mass is 14.3. The molecule has 1 aliphatic carbocycles. The minimum Gasteiger partial charge on any atom is -0.0767 e. The second kappa shape index (κ2) is 5.53. The quantitative estimate of drug-likeness (QED) is 0.586. The van der Waals surface area contributed by atoms with E-state index in [1.165, 1.54) is 25.7 Å². The van der Waals surface area contributed by atoms with E-state index in [9.17, 15) is 0 Å². The summed E-state index contributed by atoms with van der Waals surface area (Å²) in [5, 5.41) is 0. The van der Waals surface area contributed by atoms with Gasteiger partial charge in [0.05, 0.1) is 0 Å². The molecule has 86 valence electrons. The Morgan fingerprint density at radius 3 is 2.27 bits per heavy atom. The van der Waals surface area contributed by atoms with Crippen molar-refractivity contribution in [1.82, 2.24) is 0 Å². The normalized spacial score (nSPS) is 16.9. The van der Waals surface area contributed by atoms with Gasteiger partial charge in [-0.25, -0.2) is 0 Å². The first-order valence-corrected chi connectivity index (χ1v) is 6.50. The highest BCUT2D eigenvalue weighted by Gasteiger charge is 2.20. The number of hydrogen-bond donors (Lipinski definition) is 0. The van der Waals surface area contributed by atoms with Gasteiger partial charge < -0.3 is 0 Å². The van der Waals surface area contributed by atoms with Crippen LogP contribution in [-0.4, -0.2) is 0 Å². The lowest BCUT2D eigenvalue weighted by Gasteiger charge is -2.16. The van der Waals surface area contributed by atoms with E-state index in [0.717, 1.165) is 5.92 Å². The molecule has 15 heavy (non-hydrogen) atoms. The van der Waals surface area contributed by atoms with Crippen LogP contribution in [0, 0.1) is 11.8 Å². The number of unbranched alkanes of at least 4 members (excludes halogenated alkanes) is 1. The van der Waals surface area contributed by atoms with Crippen LogP contribution in [-0.2, 0) is 0 Å². The van der Waals surface area contributed by atoms with Gasteiger partial charge in [0.1, 0.15) is 0 Å². The van der Waals surface area contributed by atoms with Crippen molar-refractivity contribution < 1.29 is 0 Å². The third-order valence-electron chi connectivity index (χ3n) is 3.38. The van der Waals surface area contributed by atoms with Crippen molar-refractivity contribution in [2.24, 2.45) is 11.8 Å². The summed E-state index contributed by atoms with van der Waals surface area (Å²) in [5.41, 5.74) is 5.03. The molecule has 0 heterocycles. The van der Waals surface area contributed by atoms with Gasteiger partial charge in [-0.1, -0.05) is 52.7 Å². The van der Waals surface area contributed by atoms with Crippen molar-refractivity contribution in [3.8, 4) is 0 Å². The van der Waals surface area contributed by atoms with Gasteiger partial charge in [-0.15, -0.1) is 0 Å². The average Bonchev–Trinajstić information content (AvgIpc) is 2.57. The lowest BCUT2D eigenvalue weighted by molar-refractivity contribution is 0.700. The van der Waals surface area contributed by atoms with E-state index in [2.05, 4.69) is 40.7 Å². The molecule has 0 fully saturated rings. The van der Waals surface area contributed by atoms with Crippen molar-refractivity contribution in [2.75, 3.05) is 0 Å². The van der Waals surface area contributed by atoms with Crippen LogP contribution in [0.15, 0.2) is 22.8 Å². The highest BCUT2D eigenvalue weighted by Crippen LogP contribution is 2.37. The maximum Gasteiger partial charge on any atom is -0.0124 e. The maximum atomic E-state index is 2.46. The summed E-state index contributed by atoms with van der Waals surface area (Å²) in [6.45, 7) is 11.6. The van der Waals surface area contributed by atoms with Gasteiger partial charge in [-0.05, 0) is 42.2 Å². The zero-order valence-corrected chi connectivity index (χ0v) is 11.1. The van der Waals surface area contributed by atoms with Crippen LogP contribution >= 0.6 is 0 Å². The molecule has 0 saturated heterocycles. The Balaban J connectivity index is 2.85. The minimum absolute atomic E-state index is 0.702. The molecule has 0 amide bonds. The molecule has 0 aromatic carbocycles. The molecule has 0 nitrogen and oxygen atoms in total. The zero-order chi connectivity index (χ0) is 11.4. The predicted molar refractivity (Wildman–Crippen MR) is 68.9 cm³/mol. The molecule has 0 aromatic heterocycles. The first-order chi connectivity index (χ1) is 7.07. The maximum absolute atomic E-state index is 2.46. The van der Waals surface area contributed by atoms with Crippen LogP contribution in [0.2, 0.25) is 0 Å². The van der Waals surface area contributed by atoms with Gasteiger partial charge >= 0.3 is 0 Å². The summed E-state index contributed by atoms with van der Waals surface area (Å²) in [6.07, 6.45) is 7.62. The Morgan fingerprint density at radius 1 is 1.13 bits per heavy atom. The van der Waals surface area contributed by atoms with E-state index >= 15 is 0 Å². The molecule has 0 aromatic rings. The van der Waals surface area contributed by atoms with E-state index in [1.807, 2.05) is 0 Å². The van der Waals surface area contributed by atoms with Crippen molar-refractivity contribution in [3.63, 3.8) is 0 Å². The first kappa shape index (κ1) is 12.5. The summed E-state index contributed by atoms with van der Waals surface area (Å²) in [7, 11) is 0. The molecule has 0 spiro atoms. The van der Waals surface area contributed by atoms with E-state index < -0.39 is 0 Å². The lowest BCUT2D eigenvalue weighted by Crippen LogP contribution is -2.00. The van der Waals surface area contributed by atoms with Crippen LogP contribution in [0.1, 0.15) is 60.3 Å². The van der Waals surface area contributed by atoms with E-state index in [-0.39, 0.29) is 0 Å². The first-order valence-electron chi connectivity index (χ1n) is 6.50. The highest BCUT2D eigenvalue weighted by molar-refractivity contribution is 5.44. The Hall–Kier alpha value is -0.520. The standard InChI is InChI=1S/C15H26/c1-6-7-8-15-13(11(2)3)9-10-14(15)12(4)5/h9,11-12H,6-8,10H2,1-5H3. The third-order valence-corrected chi connectivity index (χ3v) is 3.38. The number of hydrogen-bond acceptors (Lipinski definition) is 0. The monoisotopic (exact) mass is 206 g/mol. The molecule has 0 atom stereocenters. The van der Waals surface area contributed by atoms with Gasteiger partial charge in [-0.3, -0.25) is 0 Å². The summed E-state index contributed by atoms with van der Waals surface area (Å²) in [4.78, 5) is 0. The van der Waals surface area contributed by atoms with Crippen LogP contribution < -0.4 is 0 Å². The molecular weight excluding hydrogens is 180 g/mol. The molecule has 1 aliphatic rings. The fraction of sp³-hybridized carbons (Fsp3) is 0.733. The van der Waals surface area contributed by atoms with E-state index in [0.29, 0.717) is 5.92 Å². The fourth-order valence-corrected chi connectivity index (χ4v) is 2.48. The van der Waals surface area contributed by atoms with Crippen molar-refractivity contribution >= 4 is 0 Å². The topological polar surface area (TPSA) is 0 Å². The minimum atomic E-state index is 0.702. The van der Waals surface area contributed by atoms with Crippen LogP contribution in [0.25, 0.3) is 0 Å². The van der Waals surface area contributed by atoms with Gasteiger partial charge in [0.15, 0.2) is 0 Å². The summed E-state index contributed by atoms with van der Waals surface area (Å²) < 4.78 is 0. The number of rotatable bonds is 5. The molecule has 0 radical (unpaired) electrons. The third kappa shape index (κ3) is 2.96. The summed E-state index contributed by atoms with van der Waals surface area (Å²) in [5.74, 6) is 1.43. The second-order valence-electron chi connectivity index (χ2n) is 5.28. The summed E-state index contributed by atoms with van der Waals surface area (Å²) >= 11 is 0. The van der Waals surface area contributed by atoms with Gasteiger partial charge in [0, 0.05) is 0 Å². The van der Waals surface area contributed by atoms with Crippen molar-refractivity contribution in [2.45, 2.75) is 60.3 Å². The second-order valence-corrected chi connectivity index (χ2v) is 5.28. The zero-order valence-electron chi connectivity index (χ0n) is 11.1. The Morgan fingerprint density at radius 2 is 1.80 bits per heavy atom. The van der Waals surface area contributed by atoms with Crippen molar-refractivity contribution in [3.05, 3.63) is 22.8 Å².